The van der Waals surface area contributed by atoms with E-state index in [0.717, 1.165) is 19.3 Å². The first-order valence-electron chi connectivity index (χ1n) is 19.6. The van der Waals surface area contributed by atoms with E-state index in [4.69, 9.17) is 0 Å². The van der Waals surface area contributed by atoms with E-state index in [0.29, 0.717) is 12.0 Å². The topological polar surface area (TPSA) is 8.17 Å². The fourth-order valence-corrected chi connectivity index (χ4v) is 11.3. The molecule has 3 unspecified atom stereocenters. The number of aromatic nitrogens is 1. The molecule has 12 rings (SSSR count). The van der Waals surface area contributed by atoms with Crippen LogP contribution in [0.25, 0.3) is 64.8 Å². The quantitative estimate of drug-likeness (QED) is 0.176. The van der Waals surface area contributed by atoms with Gasteiger partial charge >= 0.3 is 0 Å². The molecule has 0 fully saturated rings. The number of hydrogen-bond acceptors (Lipinski definition) is 2. The molecule has 1 aliphatic heterocycles. The van der Waals surface area contributed by atoms with Crippen LogP contribution >= 0.6 is 11.3 Å². The highest BCUT2D eigenvalue weighted by Gasteiger charge is 2.37. The van der Waals surface area contributed by atoms with Crippen LogP contribution in [0.15, 0.2) is 176 Å². The molecular formula is C52H38N2S. The third kappa shape index (κ3) is 4.73. The largest absolute Gasteiger partial charge is 0.337 e. The van der Waals surface area contributed by atoms with Crippen molar-refractivity contribution >= 4 is 70.7 Å². The van der Waals surface area contributed by atoms with E-state index >= 15 is 0 Å². The standard InChI is InChI=1S/C52H38N2S/c1-2-14-37(15-3-1)53-45-21-9-6-17-40(45)42-27-25-33(30-48(42)53)34-26-28-43-41-18-7-10-22-46(41)54(49(43)31-34)47-32-36(29-35-13-4-5-16-38(35)47)39-20-12-24-51-52(39)44-19-8-11-23-50(44)55-51/h1-14,16,18-31,37,40,47H,15,17,32H2. The second kappa shape index (κ2) is 12.2. The summed E-state index contributed by atoms with van der Waals surface area (Å²) < 4.78 is 5.37. The number of benzene rings is 6. The zero-order valence-electron chi connectivity index (χ0n) is 30.4. The Morgan fingerprint density at radius 1 is 0.600 bits per heavy atom. The van der Waals surface area contributed by atoms with Gasteiger partial charge in [0.2, 0.25) is 0 Å². The summed E-state index contributed by atoms with van der Waals surface area (Å²) in [6.45, 7) is 0. The molecule has 0 spiro atoms. The smallest absolute Gasteiger partial charge is 0.0638 e. The predicted molar refractivity (Wildman–Crippen MR) is 235 cm³/mol. The zero-order valence-corrected chi connectivity index (χ0v) is 31.2. The summed E-state index contributed by atoms with van der Waals surface area (Å²) in [5, 5.41) is 5.35. The first-order chi connectivity index (χ1) is 27.3. The molecule has 0 bridgehead atoms. The monoisotopic (exact) mass is 722 g/mol. The van der Waals surface area contributed by atoms with E-state index in [1.165, 1.54) is 92.3 Å². The minimum absolute atomic E-state index is 0.137. The fraction of sp³-hybridized carbons (Fsp3) is 0.115. The van der Waals surface area contributed by atoms with Crippen LogP contribution in [0.5, 0.6) is 0 Å². The summed E-state index contributed by atoms with van der Waals surface area (Å²) in [6.07, 6.45) is 21.4. The van der Waals surface area contributed by atoms with Crippen molar-refractivity contribution in [3.05, 3.63) is 198 Å². The number of fused-ring (bicyclic) bond motifs is 10. The minimum atomic E-state index is 0.137. The summed E-state index contributed by atoms with van der Waals surface area (Å²) in [6, 6.07) is 48.8. The third-order valence-corrected chi connectivity index (χ3v) is 13.7. The lowest BCUT2D eigenvalue weighted by atomic mass is 9.83. The van der Waals surface area contributed by atoms with Crippen molar-refractivity contribution in [3.8, 4) is 11.1 Å². The Labute approximate surface area is 325 Å². The molecule has 3 aliphatic carbocycles. The van der Waals surface area contributed by atoms with Crippen molar-refractivity contribution in [3.63, 3.8) is 0 Å². The van der Waals surface area contributed by atoms with Gasteiger partial charge in [-0.1, -0.05) is 140 Å². The van der Waals surface area contributed by atoms with Crippen molar-refractivity contribution in [2.45, 2.75) is 37.3 Å². The van der Waals surface area contributed by atoms with Crippen molar-refractivity contribution in [1.29, 1.82) is 0 Å². The van der Waals surface area contributed by atoms with Gasteiger partial charge in [0.15, 0.2) is 0 Å². The van der Waals surface area contributed by atoms with Gasteiger partial charge < -0.3 is 9.47 Å². The van der Waals surface area contributed by atoms with Gasteiger partial charge in [-0.05, 0) is 94.6 Å². The molecule has 3 heteroatoms. The average molecular weight is 723 g/mol. The maximum Gasteiger partial charge on any atom is 0.0638 e. The predicted octanol–water partition coefficient (Wildman–Crippen LogP) is 14.0. The number of anilines is 1. The van der Waals surface area contributed by atoms with Crippen molar-refractivity contribution < 1.29 is 0 Å². The van der Waals surface area contributed by atoms with Gasteiger partial charge in [-0.25, -0.2) is 0 Å². The second-order valence-electron chi connectivity index (χ2n) is 15.5. The second-order valence-corrected chi connectivity index (χ2v) is 16.6. The molecule has 0 N–H and O–H groups in total. The summed E-state index contributed by atoms with van der Waals surface area (Å²) in [5.74, 6) is 0.421. The molecule has 4 aliphatic rings. The lowest BCUT2D eigenvalue weighted by molar-refractivity contribution is 0.633. The molecule has 3 atom stereocenters. The molecule has 2 nitrogen and oxygen atoms in total. The molecular weight excluding hydrogens is 685 g/mol. The lowest BCUT2D eigenvalue weighted by Crippen LogP contribution is -2.32. The lowest BCUT2D eigenvalue weighted by Gasteiger charge is -2.31. The van der Waals surface area contributed by atoms with Gasteiger partial charge in [0.1, 0.15) is 0 Å². The first-order valence-corrected chi connectivity index (χ1v) is 20.5. The Balaban J connectivity index is 1.03. The highest BCUT2D eigenvalue weighted by Crippen LogP contribution is 2.51. The highest BCUT2D eigenvalue weighted by molar-refractivity contribution is 7.25. The molecule has 0 radical (unpaired) electrons. The number of allylic oxidation sites excluding steroid dienone is 7. The number of para-hydroxylation sites is 1. The summed E-state index contributed by atoms with van der Waals surface area (Å²) in [4.78, 5) is 2.62. The molecule has 262 valence electrons. The molecule has 0 saturated carbocycles. The Kier molecular flexibility index (Phi) is 6.91. The Bertz CT molecular complexity index is 3050. The molecule has 8 aromatic rings. The van der Waals surface area contributed by atoms with Crippen LogP contribution in [0, 0.1) is 0 Å². The van der Waals surface area contributed by atoms with E-state index in [2.05, 4.69) is 185 Å². The maximum atomic E-state index is 2.66. The minimum Gasteiger partial charge on any atom is -0.337 e. The Morgan fingerprint density at radius 2 is 1.40 bits per heavy atom. The van der Waals surface area contributed by atoms with Gasteiger partial charge in [0.25, 0.3) is 0 Å². The molecule has 3 heterocycles. The van der Waals surface area contributed by atoms with Gasteiger partial charge in [0.05, 0.1) is 17.6 Å². The van der Waals surface area contributed by atoms with E-state index in [1.54, 1.807) is 0 Å². The Hall–Kier alpha value is -6.16. The first kappa shape index (κ1) is 31.2. The van der Waals surface area contributed by atoms with Gasteiger partial charge in [-0.2, -0.15) is 0 Å². The van der Waals surface area contributed by atoms with Crippen LogP contribution in [-0.4, -0.2) is 10.6 Å². The van der Waals surface area contributed by atoms with Crippen molar-refractivity contribution in [2.24, 2.45) is 0 Å². The number of hydrogen-bond donors (Lipinski definition) is 0. The number of rotatable bonds is 4. The molecule has 55 heavy (non-hydrogen) atoms. The molecule has 6 aromatic carbocycles. The highest BCUT2D eigenvalue weighted by atomic mass is 32.1. The average Bonchev–Trinajstić information content (AvgIpc) is 3.91. The maximum absolute atomic E-state index is 2.66. The van der Waals surface area contributed by atoms with Crippen LogP contribution in [0.4, 0.5) is 5.69 Å². The number of nitrogens with zero attached hydrogens (tertiary/aromatic N) is 2. The van der Waals surface area contributed by atoms with E-state index in [9.17, 15) is 0 Å². The van der Waals surface area contributed by atoms with Crippen LogP contribution in [0.2, 0.25) is 0 Å². The van der Waals surface area contributed by atoms with Crippen LogP contribution < -0.4 is 4.90 Å². The van der Waals surface area contributed by atoms with Crippen LogP contribution in [0.3, 0.4) is 0 Å². The SMILES string of the molecule is C1=CCC2C(=C1)N(C1C=CC=CC1)c1cc(-c3ccc4c5ccccc5n(C5CC(c6cccc7sc8ccccc8c67)=Cc6ccccc65)c4c3)ccc12. The van der Waals surface area contributed by atoms with Crippen molar-refractivity contribution in [1.82, 2.24) is 4.57 Å². The third-order valence-electron chi connectivity index (χ3n) is 12.6. The van der Waals surface area contributed by atoms with Gasteiger partial charge in [-0.15, -0.1) is 11.3 Å². The fourth-order valence-electron chi connectivity index (χ4n) is 10.1. The summed E-state index contributed by atoms with van der Waals surface area (Å²) >= 11 is 1.90. The molecule has 0 saturated heterocycles. The normalized spacial score (nSPS) is 19.9. The molecule has 2 aromatic heterocycles. The van der Waals surface area contributed by atoms with Gasteiger partial charge in [0, 0.05) is 53.8 Å². The summed E-state index contributed by atoms with van der Waals surface area (Å²) in [7, 11) is 0. The zero-order chi connectivity index (χ0) is 36.0. The van der Waals surface area contributed by atoms with Gasteiger partial charge in [-0.3, -0.25) is 0 Å². The Morgan fingerprint density at radius 3 is 2.35 bits per heavy atom. The van der Waals surface area contributed by atoms with E-state index in [1.807, 2.05) is 11.3 Å². The molecule has 0 amide bonds. The van der Waals surface area contributed by atoms with E-state index < -0.39 is 0 Å². The van der Waals surface area contributed by atoms with E-state index in [-0.39, 0.29) is 6.04 Å². The van der Waals surface area contributed by atoms with Crippen molar-refractivity contribution in [2.75, 3.05) is 4.90 Å². The number of thiophene rings is 1. The summed E-state index contributed by atoms with van der Waals surface area (Å²) in [5.41, 5.74) is 14.8. The van der Waals surface area contributed by atoms with Crippen LogP contribution in [0.1, 0.15) is 53.5 Å². The van der Waals surface area contributed by atoms with Crippen LogP contribution in [-0.2, 0) is 0 Å².